The highest BCUT2D eigenvalue weighted by Gasteiger charge is 2.15. The number of aryl methyl sites for hydroxylation is 1. The normalized spacial score (nSPS) is 12.5. The third-order valence-corrected chi connectivity index (χ3v) is 4.19. The number of hydrogen-bond acceptors (Lipinski definition) is 5. The maximum absolute atomic E-state index is 11.7. The Hall–Kier alpha value is -3.33. The number of hydrogen-bond donors (Lipinski definition) is 2. The number of rotatable bonds is 6. The molecule has 0 fully saturated rings. The highest BCUT2D eigenvalue weighted by Crippen LogP contribution is 2.26. The minimum absolute atomic E-state index is 0.0382. The molecule has 0 spiro atoms. The van der Waals surface area contributed by atoms with E-state index in [9.17, 15) is 9.59 Å². The summed E-state index contributed by atoms with van der Waals surface area (Å²) in [6.07, 6.45) is 1.20. The molecule has 0 aliphatic carbocycles. The fourth-order valence-electron chi connectivity index (χ4n) is 2.87. The zero-order chi connectivity index (χ0) is 18.5. The van der Waals surface area contributed by atoms with Crippen LogP contribution in [0.3, 0.4) is 0 Å². The Morgan fingerprint density at radius 1 is 1.27 bits per heavy atom. The van der Waals surface area contributed by atoms with Crippen LogP contribution in [0, 0.1) is 11.3 Å². The van der Waals surface area contributed by atoms with E-state index in [1.807, 2.05) is 18.2 Å². The van der Waals surface area contributed by atoms with Gasteiger partial charge in [0.25, 0.3) is 0 Å². The lowest BCUT2D eigenvalue weighted by atomic mass is 10.0. The summed E-state index contributed by atoms with van der Waals surface area (Å²) in [5, 5.41) is 15.0. The molecule has 6 nitrogen and oxygen atoms in total. The number of nitrogens with zero attached hydrogens (tertiary/aromatic N) is 1. The quantitative estimate of drug-likeness (QED) is 0.617. The van der Waals surface area contributed by atoms with Crippen LogP contribution < -0.4 is 15.4 Å². The Labute approximate surface area is 151 Å². The van der Waals surface area contributed by atoms with Crippen molar-refractivity contribution in [1.82, 2.24) is 0 Å². The van der Waals surface area contributed by atoms with Gasteiger partial charge in [-0.1, -0.05) is 0 Å². The molecule has 1 heterocycles. The summed E-state index contributed by atoms with van der Waals surface area (Å²) in [4.78, 5) is 23.1. The molecule has 1 amide bonds. The fourth-order valence-corrected chi connectivity index (χ4v) is 2.87. The van der Waals surface area contributed by atoms with Crippen LogP contribution >= 0.6 is 0 Å². The highest BCUT2D eigenvalue weighted by molar-refractivity contribution is 5.99. The molecule has 0 atom stereocenters. The Morgan fingerprint density at radius 2 is 2.12 bits per heavy atom. The van der Waals surface area contributed by atoms with Crippen LogP contribution in [0.25, 0.3) is 0 Å². The summed E-state index contributed by atoms with van der Waals surface area (Å²) in [7, 11) is 0. The van der Waals surface area contributed by atoms with Crippen LogP contribution in [0.4, 0.5) is 11.4 Å². The number of carbonyl (C=O) groups excluding carboxylic acids is 2. The van der Waals surface area contributed by atoms with E-state index in [1.165, 1.54) is 6.92 Å². The van der Waals surface area contributed by atoms with E-state index in [-0.39, 0.29) is 11.7 Å². The number of nitriles is 1. The number of fused-ring (bicyclic) bond motifs is 1. The van der Waals surface area contributed by atoms with E-state index in [0.717, 1.165) is 17.0 Å². The predicted molar refractivity (Wildman–Crippen MR) is 98.5 cm³/mol. The van der Waals surface area contributed by atoms with Crippen molar-refractivity contribution in [3.05, 3.63) is 53.1 Å². The Morgan fingerprint density at radius 3 is 2.88 bits per heavy atom. The molecule has 0 unspecified atom stereocenters. The molecule has 26 heavy (non-hydrogen) atoms. The van der Waals surface area contributed by atoms with Gasteiger partial charge in [0.2, 0.25) is 5.91 Å². The van der Waals surface area contributed by atoms with E-state index in [2.05, 4.69) is 16.7 Å². The second-order valence-electron chi connectivity index (χ2n) is 6.07. The van der Waals surface area contributed by atoms with Gasteiger partial charge in [-0.05, 0) is 55.3 Å². The lowest BCUT2D eigenvalue weighted by Crippen LogP contribution is -2.19. The summed E-state index contributed by atoms with van der Waals surface area (Å²) in [6.45, 7) is 2.39. The van der Waals surface area contributed by atoms with Gasteiger partial charge in [-0.25, -0.2) is 0 Å². The zero-order valence-corrected chi connectivity index (χ0v) is 14.5. The molecule has 2 aromatic rings. The van der Waals surface area contributed by atoms with Crippen LogP contribution in [0.1, 0.15) is 34.8 Å². The van der Waals surface area contributed by atoms with Gasteiger partial charge in [0.15, 0.2) is 5.78 Å². The van der Waals surface area contributed by atoms with E-state index >= 15 is 0 Å². The predicted octanol–water partition coefficient (Wildman–Crippen LogP) is 3.14. The number of amides is 1. The van der Waals surface area contributed by atoms with Crippen molar-refractivity contribution >= 4 is 23.1 Å². The number of nitrogens with one attached hydrogen (secondary N) is 2. The van der Waals surface area contributed by atoms with Crippen LogP contribution in [0.15, 0.2) is 36.4 Å². The summed E-state index contributed by atoms with van der Waals surface area (Å²) in [5.41, 5.74) is 3.58. The van der Waals surface area contributed by atoms with Crippen molar-refractivity contribution in [1.29, 1.82) is 5.26 Å². The maximum atomic E-state index is 11.7. The van der Waals surface area contributed by atoms with Crippen LogP contribution in [-0.4, -0.2) is 24.8 Å². The minimum Gasteiger partial charge on any atom is -0.492 e. The third-order valence-electron chi connectivity index (χ3n) is 4.19. The lowest BCUT2D eigenvalue weighted by Gasteiger charge is -2.18. The van der Waals surface area contributed by atoms with Gasteiger partial charge in [0.1, 0.15) is 12.4 Å². The van der Waals surface area contributed by atoms with Crippen molar-refractivity contribution < 1.29 is 14.3 Å². The van der Waals surface area contributed by atoms with Gasteiger partial charge in [0, 0.05) is 29.9 Å². The second-order valence-corrected chi connectivity index (χ2v) is 6.07. The zero-order valence-electron chi connectivity index (χ0n) is 14.5. The monoisotopic (exact) mass is 349 g/mol. The fraction of sp³-hybridized carbons (Fsp3) is 0.250. The van der Waals surface area contributed by atoms with E-state index in [4.69, 9.17) is 10.00 Å². The number of anilines is 2. The van der Waals surface area contributed by atoms with E-state index < -0.39 is 0 Å². The van der Waals surface area contributed by atoms with Gasteiger partial charge >= 0.3 is 0 Å². The Kier molecular flexibility index (Phi) is 5.18. The van der Waals surface area contributed by atoms with Gasteiger partial charge in [-0.15, -0.1) is 0 Å². The van der Waals surface area contributed by atoms with Crippen molar-refractivity contribution in [2.24, 2.45) is 0 Å². The smallest absolute Gasteiger partial charge is 0.224 e. The Bertz CT molecular complexity index is 900. The molecule has 3 rings (SSSR count). The average Bonchev–Trinajstić information content (AvgIpc) is 2.64. The number of ether oxygens (including phenoxy) is 1. The largest absolute Gasteiger partial charge is 0.492 e. The van der Waals surface area contributed by atoms with E-state index in [1.54, 1.807) is 18.2 Å². The minimum atomic E-state index is -0.0605. The maximum Gasteiger partial charge on any atom is 0.224 e. The summed E-state index contributed by atoms with van der Waals surface area (Å²) in [5.74, 6) is 0.713. The molecule has 0 saturated heterocycles. The standard InChI is InChI=1S/C20H19N3O3/c1-13(24)17-5-2-14(12-21)10-19(17)22-8-9-26-16-4-6-18-15(11-16)3-7-20(25)23-18/h2,4-6,10-11,22H,3,7-9H2,1H3,(H,23,25). The van der Waals surface area contributed by atoms with Gasteiger partial charge in [-0.3, -0.25) is 9.59 Å². The third kappa shape index (κ3) is 4.01. The SMILES string of the molecule is CC(=O)c1ccc(C#N)cc1NCCOc1ccc2c(c1)CCC(=O)N2. The first kappa shape index (κ1) is 17.5. The van der Waals surface area contributed by atoms with Crippen molar-refractivity contribution in [3.8, 4) is 11.8 Å². The first-order valence-corrected chi connectivity index (χ1v) is 8.41. The molecule has 0 bridgehead atoms. The average molecular weight is 349 g/mol. The van der Waals surface area contributed by atoms with Crippen LogP contribution in [-0.2, 0) is 11.2 Å². The molecule has 2 aromatic carbocycles. The van der Waals surface area contributed by atoms with Crippen LogP contribution in [0.5, 0.6) is 5.75 Å². The Balaban J connectivity index is 1.59. The number of benzene rings is 2. The summed E-state index contributed by atoms with van der Waals surface area (Å²) >= 11 is 0. The topological polar surface area (TPSA) is 91.2 Å². The molecule has 0 aromatic heterocycles. The molecule has 0 saturated carbocycles. The van der Waals surface area contributed by atoms with Gasteiger partial charge < -0.3 is 15.4 Å². The number of Topliss-reactive ketones (excluding diaryl/α,β-unsaturated/α-hetero) is 1. The van der Waals surface area contributed by atoms with Gasteiger partial charge in [0.05, 0.1) is 11.6 Å². The molecule has 132 valence electrons. The first-order valence-electron chi connectivity index (χ1n) is 8.41. The van der Waals surface area contributed by atoms with Crippen molar-refractivity contribution in [2.45, 2.75) is 19.8 Å². The molecular weight excluding hydrogens is 330 g/mol. The van der Waals surface area contributed by atoms with Crippen molar-refractivity contribution in [2.75, 3.05) is 23.8 Å². The number of ketones is 1. The lowest BCUT2D eigenvalue weighted by molar-refractivity contribution is -0.116. The van der Waals surface area contributed by atoms with E-state index in [0.29, 0.717) is 42.8 Å². The second kappa shape index (κ2) is 7.70. The molecule has 6 heteroatoms. The molecule has 0 radical (unpaired) electrons. The molecule has 1 aliphatic heterocycles. The number of carbonyl (C=O) groups is 2. The van der Waals surface area contributed by atoms with Crippen molar-refractivity contribution in [3.63, 3.8) is 0 Å². The molecule has 2 N–H and O–H groups in total. The first-order chi connectivity index (χ1) is 12.6. The molecule has 1 aliphatic rings. The summed E-state index contributed by atoms with van der Waals surface area (Å²) in [6, 6.07) is 12.6. The molecular formula is C20H19N3O3. The van der Waals surface area contributed by atoms with Gasteiger partial charge in [-0.2, -0.15) is 5.26 Å². The highest BCUT2D eigenvalue weighted by atomic mass is 16.5. The summed E-state index contributed by atoms with van der Waals surface area (Å²) < 4.78 is 5.75. The van der Waals surface area contributed by atoms with Crippen LogP contribution in [0.2, 0.25) is 0 Å².